The van der Waals surface area contributed by atoms with Crippen LogP contribution in [0.15, 0.2) is 23.3 Å². The number of aliphatic imine (C=N–C) groups is 1. The fourth-order valence-electron chi connectivity index (χ4n) is 3.93. The summed E-state index contributed by atoms with van der Waals surface area (Å²) in [5.41, 5.74) is 0.482. The number of rotatable bonds is 8. The highest BCUT2D eigenvalue weighted by molar-refractivity contribution is 5.94. The van der Waals surface area contributed by atoms with Crippen molar-refractivity contribution in [2.75, 3.05) is 51.1 Å². The number of nitrogens with one attached hydrogen (secondary N) is 3. The van der Waals surface area contributed by atoms with Gasteiger partial charge in [-0.1, -0.05) is 6.42 Å². The zero-order valence-electron chi connectivity index (χ0n) is 17.8. The molecule has 31 heavy (non-hydrogen) atoms. The largest absolute Gasteiger partial charge is 0.355 e. The summed E-state index contributed by atoms with van der Waals surface area (Å²) in [5.74, 6) is -0.0338. The van der Waals surface area contributed by atoms with Crippen LogP contribution in [-0.4, -0.2) is 78.5 Å². The lowest BCUT2D eigenvalue weighted by Crippen LogP contribution is -2.53. The van der Waals surface area contributed by atoms with Crippen molar-refractivity contribution in [2.24, 2.45) is 4.99 Å². The second-order valence-corrected chi connectivity index (χ2v) is 7.86. The average molecular weight is 431 g/mol. The molecule has 0 spiro atoms. The minimum absolute atomic E-state index is 0.0283. The van der Waals surface area contributed by atoms with E-state index < -0.39 is 5.95 Å². The third-order valence-electron chi connectivity index (χ3n) is 5.64. The second-order valence-electron chi connectivity index (χ2n) is 7.86. The van der Waals surface area contributed by atoms with Crippen LogP contribution in [0.3, 0.4) is 0 Å². The van der Waals surface area contributed by atoms with Gasteiger partial charge in [-0.25, -0.2) is 4.98 Å². The minimum Gasteiger partial charge on any atom is -0.355 e. The Balaban J connectivity index is 1.27. The molecule has 0 aliphatic carbocycles. The standard InChI is InChI=1S/C21H31FN8O/c22-19-15-17(6-9-25-19)28-21(27-16-23)26-7-2-1-3-10-29-11-13-30(14-12-29)20(31)18-5-4-8-24-18/h6,9,15,18,24H,1-5,7-8,10-14H2,(H2,25,26,27,28). The third-order valence-corrected chi connectivity index (χ3v) is 5.64. The van der Waals surface area contributed by atoms with Crippen LogP contribution in [0, 0.1) is 17.4 Å². The highest BCUT2D eigenvalue weighted by atomic mass is 19.1. The summed E-state index contributed by atoms with van der Waals surface area (Å²) >= 11 is 0. The van der Waals surface area contributed by atoms with Gasteiger partial charge in [0.05, 0.1) is 6.04 Å². The number of hydrogen-bond donors (Lipinski definition) is 3. The molecule has 2 fully saturated rings. The van der Waals surface area contributed by atoms with E-state index in [0.717, 1.165) is 71.4 Å². The number of amides is 1. The fraction of sp³-hybridized carbons (Fsp3) is 0.619. The van der Waals surface area contributed by atoms with Crippen molar-refractivity contribution in [2.45, 2.75) is 38.1 Å². The maximum atomic E-state index is 13.2. The Hall–Kier alpha value is -2.77. The van der Waals surface area contributed by atoms with E-state index in [0.29, 0.717) is 18.2 Å². The molecule has 0 radical (unpaired) electrons. The van der Waals surface area contributed by atoms with Crippen molar-refractivity contribution in [3.63, 3.8) is 0 Å². The van der Waals surface area contributed by atoms with Gasteiger partial charge in [0.1, 0.15) is 0 Å². The number of guanidine groups is 1. The first-order valence-corrected chi connectivity index (χ1v) is 11.0. The van der Waals surface area contributed by atoms with E-state index >= 15 is 0 Å². The van der Waals surface area contributed by atoms with Crippen molar-refractivity contribution in [3.05, 3.63) is 24.3 Å². The first kappa shape index (κ1) is 22.9. The smallest absolute Gasteiger partial charge is 0.239 e. The van der Waals surface area contributed by atoms with Crippen LogP contribution < -0.4 is 16.0 Å². The first-order chi connectivity index (χ1) is 15.2. The van der Waals surface area contributed by atoms with E-state index in [1.807, 2.05) is 4.90 Å². The zero-order valence-corrected chi connectivity index (χ0v) is 17.8. The van der Waals surface area contributed by atoms with Crippen LogP contribution in [0.5, 0.6) is 0 Å². The summed E-state index contributed by atoms with van der Waals surface area (Å²) in [6.07, 6.45) is 8.20. The van der Waals surface area contributed by atoms with Crippen LogP contribution >= 0.6 is 0 Å². The molecule has 0 bridgehead atoms. The quantitative estimate of drug-likeness (QED) is 0.186. The van der Waals surface area contributed by atoms with Gasteiger partial charge in [-0.3, -0.25) is 9.69 Å². The van der Waals surface area contributed by atoms with E-state index in [1.165, 1.54) is 12.3 Å². The Morgan fingerprint density at radius 2 is 2.16 bits per heavy atom. The Labute approximate surface area is 182 Å². The summed E-state index contributed by atoms with van der Waals surface area (Å²) in [4.78, 5) is 24.1. The number of carbonyl (C=O) groups is 1. The van der Waals surface area contributed by atoms with Crippen LogP contribution in [-0.2, 0) is 4.79 Å². The molecule has 1 amide bonds. The Morgan fingerprint density at radius 3 is 2.87 bits per heavy atom. The van der Waals surface area contributed by atoms with Gasteiger partial charge >= 0.3 is 0 Å². The molecular formula is C21H31FN8O. The van der Waals surface area contributed by atoms with Gasteiger partial charge in [-0.15, -0.1) is 4.99 Å². The van der Waals surface area contributed by atoms with Crippen molar-refractivity contribution in [3.8, 4) is 6.19 Å². The molecule has 3 heterocycles. The lowest BCUT2D eigenvalue weighted by Gasteiger charge is -2.36. The number of halogens is 1. The van der Waals surface area contributed by atoms with E-state index in [1.54, 1.807) is 12.3 Å². The number of unbranched alkanes of at least 4 members (excludes halogenated alkanes) is 2. The van der Waals surface area contributed by atoms with Gasteiger partial charge in [-0.05, 0) is 44.8 Å². The molecule has 2 aliphatic rings. The number of nitrogens with zero attached hydrogens (tertiary/aromatic N) is 5. The lowest BCUT2D eigenvalue weighted by molar-refractivity contribution is -0.134. The van der Waals surface area contributed by atoms with Crippen molar-refractivity contribution in [1.82, 2.24) is 25.4 Å². The summed E-state index contributed by atoms with van der Waals surface area (Å²) in [7, 11) is 0. The molecule has 1 aromatic rings. The van der Waals surface area contributed by atoms with E-state index in [4.69, 9.17) is 5.26 Å². The molecule has 9 nitrogen and oxygen atoms in total. The molecule has 3 N–H and O–H groups in total. The molecule has 0 saturated carbocycles. The van der Waals surface area contributed by atoms with Gasteiger partial charge in [0, 0.05) is 50.7 Å². The molecular weight excluding hydrogens is 399 g/mol. The average Bonchev–Trinajstić information content (AvgIpc) is 3.31. The van der Waals surface area contributed by atoms with Gasteiger partial charge in [-0.2, -0.15) is 9.65 Å². The fourth-order valence-corrected chi connectivity index (χ4v) is 3.93. The number of anilines is 1. The maximum absolute atomic E-state index is 13.2. The first-order valence-electron chi connectivity index (χ1n) is 11.0. The Morgan fingerprint density at radius 1 is 1.32 bits per heavy atom. The number of nitriles is 1. The second kappa shape index (κ2) is 12.2. The lowest BCUT2D eigenvalue weighted by atomic mass is 10.1. The summed E-state index contributed by atoms with van der Waals surface area (Å²) < 4.78 is 13.2. The predicted octanol–water partition coefficient (Wildman–Crippen LogP) is 1.13. The predicted molar refractivity (Wildman–Crippen MR) is 117 cm³/mol. The Bertz CT molecular complexity index is 782. The summed E-state index contributed by atoms with van der Waals surface area (Å²) in [5, 5.41) is 18.1. The van der Waals surface area contributed by atoms with E-state index in [-0.39, 0.29) is 11.9 Å². The highest BCUT2D eigenvalue weighted by Gasteiger charge is 2.28. The number of piperazine rings is 1. The van der Waals surface area contributed by atoms with Crippen LogP contribution in [0.25, 0.3) is 0 Å². The highest BCUT2D eigenvalue weighted by Crippen LogP contribution is 2.12. The molecule has 2 saturated heterocycles. The monoisotopic (exact) mass is 430 g/mol. The molecule has 1 unspecified atom stereocenters. The number of pyridine rings is 1. The Kier molecular flexibility index (Phi) is 8.99. The normalized spacial score (nSPS) is 19.8. The molecule has 0 aromatic carbocycles. The van der Waals surface area contributed by atoms with E-state index in [2.05, 4.69) is 30.8 Å². The third kappa shape index (κ3) is 7.45. The van der Waals surface area contributed by atoms with Gasteiger partial charge < -0.3 is 20.9 Å². The molecule has 3 rings (SSSR count). The number of carbonyl (C=O) groups excluding carboxylic acids is 1. The SMILES string of the molecule is N#C/N=C(/NCCCCCN1CCN(C(=O)C2CCCN2)CC1)Nc1ccnc(F)c1. The van der Waals surface area contributed by atoms with Crippen molar-refractivity contribution in [1.29, 1.82) is 5.26 Å². The van der Waals surface area contributed by atoms with Gasteiger partial charge in [0.15, 0.2) is 0 Å². The van der Waals surface area contributed by atoms with Crippen molar-refractivity contribution >= 4 is 17.6 Å². The molecule has 1 atom stereocenters. The van der Waals surface area contributed by atoms with Gasteiger partial charge in [0.25, 0.3) is 0 Å². The maximum Gasteiger partial charge on any atom is 0.239 e. The molecule has 2 aliphatic heterocycles. The molecule has 10 heteroatoms. The van der Waals surface area contributed by atoms with Gasteiger partial charge in [0.2, 0.25) is 24.0 Å². The topological polar surface area (TPSA) is 109 Å². The zero-order chi connectivity index (χ0) is 21.9. The van der Waals surface area contributed by atoms with Crippen LogP contribution in [0.4, 0.5) is 10.1 Å². The van der Waals surface area contributed by atoms with Crippen molar-refractivity contribution < 1.29 is 9.18 Å². The van der Waals surface area contributed by atoms with Crippen LogP contribution in [0.1, 0.15) is 32.1 Å². The summed E-state index contributed by atoms with van der Waals surface area (Å²) in [6.45, 7) is 6.13. The molecule has 1 aromatic heterocycles. The number of hydrogen-bond acceptors (Lipinski definition) is 6. The molecule has 168 valence electrons. The minimum atomic E-state index is -0.596. The summed E-state index contributed by atoms with van der Waals surface area (Å²) in [6, 6.07) is 2.88. The van der Waals surface area contributed by atoms with Crippen LogP contribution in [0.2, 0.25) is 0 Å². The number of aromatic nitrogens is 1. The van der Waals surface area contributed by atoms with E-state index in [9.17, 15) is 9.18 Å².